The first-order chi connectivity index (χ1) is 28.5. The van der Waals surface area contributed by atoms with Gasteiger partial charge >= 0.3 is 0 Å². The number of hydrogen-bond donors (Lipinski definition) is 0. The molecule has 3 heteroatoms. The summed E-state index contributed by atoms with van der Waals surface area (Å²) in [7, 11) is 0. The van der Waals surface area contributed by atoms with E-state index in [1.165, 1.54) is 93.4 Å². The molecule has 0 saturated heterocycles. The Morgan fingerprint density at radius 1 is 0.271 bits per heavy atom. The van der Waals surface area contributed by atoms with Crippen LogP contribution in [0.1, 0.15) is 52.7 Å². The minimum atomic E-state index is 0.0261. The second-order valence-electron chi connectivity index (χ2n) is 18.3. The van der Waals surface area contributed by atoms with E-state index in [-0.39, 0.29) is 10.8 Å². The van der Waals surface area contributed by atoms with Crippen molar-refractivity contribution in [2.45, 2.75) is 52.4 Å². The number of aromatic nitrogens is 3. The van der Waals surface area contributed by atoms with Gasteiger partial charge in [-0.3, -0.25) is 0 Å². The third-order valence-corrected chi connectivity index (χ3v) is 12.5. The van der Waals surface area contributed by atoms with Crippen molar-refractivity contribution in [1.82, 2.24) is 13.7 Å². The lowest BCUT2D eigenvalue weighted by molar-refractivity contribution is 0.591. The Bertz CT molecular complexity index is 3430. The minimum absolute atomic E-state index is 0.0261. The van der Waals surface area contributed by atoms with Gasteiger partial charge < -0.3 is 13.7 Å². The molecule has 0 aliphatic carbocycles. The molecule has 0 aliphatic heterocycles. The van der Waals surface area contributed by atoms with Crippen LogP contribution in [-0.2, 0) is 10.8 Å². The second kappa shape index (κ2) is 12.8. The molecule has 0 atom stereocenters. The molecule has 0 aliphatic rings. The molecule has 0 radical (unpaired) electrons. The summed E-state index contributed by atoms with van der Waals surface area (Å²) in [4.78, 5) is 0. The van der Waals surface area contributed by atoms with Crippen molar-refractivity contribution < 1.29 is 0 Å². The number of rotatable bonds is 4. The Morgan fingerprint density at radius 3 is 1.17 bits per heavy atom. The fraction of sp³-hybridized carbons (Fsp3) is 0.143. The molecule has 3 heterocycles. The van der Waals surface area contributed by atoms with Gasteiger partial charge in [0.15, 0.2) is 0 Å². The molecular formula is C56H47N3. The number of para-hydroxylation sites is 3. The molecule has 286 valence electrons. The molecule has 8 aromatic carbocycles. The maximum Gasteiger partial charge on any atom is 0.0561 e. The van der Waals surface area contributed by atoms with Crippen LogP contribution in [0.2, 0.25) is 0 Å². The summed E-state index contributed by atoms with van der Waals surface area (Å²) in [6, 6.07) is 65.6. The SMILES string of the molecule is CC(C)(C)c1ccc2c(c1)c1ccc(-c3ccc4c5cc(C(C)(C)C)ccc5n(-c5ccc6c7ccccc7n(-c7ccccc7)c6c5)c4c3)cc1n2-c1ccccc1. The van der Waals surface area contributed by atoms with Crippen molar-refractivity contribution in [2.75, 3.05) is 0 Å². The van der Waals surface area contributed by atoms with E-state index in [9.17, 15) is 0 Å². The number of fused-ring (bicyclic) bond motifs is 9. The zero-order chi connectivity index (χ0) is 40.2. The average Bonchev–Trinajstić information content (AvgIpc) is 3.87. The first kappa shape index (κ1) is 35.3. The maximum absolute atomic E-state index is 2.49. The van der Waals surface area contributed by atoms with Gasteiger partial charge in [0.1, 0.15) is 0 Å². The van der Waals surface area contributed by atoms with E-state index < -0.39 is 0 Å². The summed E-state index contributed by atoms with van der Waals surface area (Å²) in [6.45, 7) is 13.8. The van der Waals surface area contributed by atoms with Crippen molar-refractivity contribution in [3.8, 4) is 28.2 Å². The van der Waals surface area contributed by atoms with Crippen LogP contribution in [0.3, 0.4) is 0 Å². The summed E-state index contributed by atoms with van der Waals surface area (Å²) in [6.07, 6.45) is 0. The topological polar surface area (TPSA) is 14.8 Å². The summed E-state index contributed by atoms with van der Waals surface area (Å²) in [5, 5.41) is 7.60. The van der Waals surface area contributed by atoms with Gasteiger partial charge in [-0.1, -0.05) is 139 Å². The Hall–Kier alpha value is -6.84. The maximum atomic E-state index is 2.49. The second-order valence-corrected chi connectivity index (χ2v) is 18.3. The van der Waals surface area contributed by atoms with Crippen molar-refractivity contribution in [3.05, 3.63) is 187 Å². The van der Waals surface area contributed by atoms with Crippen LogP contribution in [0.4, 0.5) is 0 Å². The zero-order valence-electron chi connectivity index (χ0n) is 34.6. The van der Waals surface area contributed by atoms with E-state index in [0.717, 1.165) is 11.4 Å². The molecule has 3 nitrogen and oxygen atoms in total. The predicted molar refractivity (Wildman–Crippen MR) is 252 cm³/mol. The fourth-order valence-electron chi connectivity index (χ4n) is 9.42. The molecule has 0 spiro atoms. The molecule has 11 rings (SSSR count). The summed E-state index contributed by atoms with van der Waals surface area (Å²) in [5.41, 5.74) is 15.9. The van der Waals surface area contributed by atoms with Crippen LogP contribution in [0.5, 0.6) is 0 Å². The van der Waals surface area contributed by atoms with E-state index in [4.69, 9.17) is 0 Å². The molecule has 0 amide bonds. The third kappa shape index (κ3) is 5.56. The van der Waals surface area contributed by atoms with Crippen molar-refractivity contribution in [1.29, 1.82) is 0 Å². The predicted octanol–water partition coefficient (Wildman–Crippen LogP) is 15.2. The molecule has 59 heavy (non-hydrogen) atoms. The number of hydrogen-bond acceptors (Lipinski definition) is 0. The van der Waals surface area contributed by atoms with Crippen molar-refractivity contribution in [3.63, 3.8) is 0 Å². The molecule has 0 unspecified atom stereocenters. The highest BCUT2D eigenvalue weighted by Crippen LogP contribution is 2.41. The standard InChI is InChI=1S/C56H47N3/c1-55(2,3)38-23-29-50-47(33-38)45-26-21-36(31-52(45)58(50)41-17-11-8-12-18-41)37-22-27-46-48-34-39(56(4,5)6)24-30-51(48)59(53(46)32-37)42-25-28-44-43-19-13-14-20-49(43)57(54(44)35-42)40-15-9-7-10-16-40/h7-35H,1-6H3. The highest BCUT2D eigenvalue weighted by Gasteiger charge is 2.22. The van der Waals surface area contributed by atoms with E-state index in [1.807, 2.05) is 0 Å². The molecule has 11 aromatic rings. The molecular weight excluding hydrogens is 715 g/mol. The number of nitrogens with zero attached hydrogens (tertiary/aromatic N) is 3. The molecule has 0 saturated carbocycles. The summed E-state index contributed by atoms with van der Waals surface area (Å²) < 4.78 is 7.34. The Morgan fingerprint density at radius 2 is 0.661 bits per heavy atom. The van der Waals surface area contributed by atoms with Crippen LogP contribution in [0.15, 0.2) is 176 Å². The molecule has 3 aromatic heterocycles. The first-order valence-electron chi connectivity index (χ1n) is 20.9. The van der Waals surface area contributed by atoms with Crippen molar-refractivity contribution >= 4 is 65.4 Å². The van der Waals surface area contributed by atoms with E-state index >= 15 is 0 Å². The van der Waals surface area contributed by atoms with Crippen LogP contribution in [0, 0.1) is 0 Å². The normalized spacial score (nSPS) is 12.6. The average molecular weight is 762 g/mol. The van der Waals surface area contributed by atoms with E-state index in [0.29, 0.717) is 0 Å². The van der Waals surface area contributed by atoms with Crippen LogP contribution < -0.4 is 0 Å². The van der Waals surface area contributed by atoms with E-state index in [1.54, 1.807) is 0 Å². The van der Waals surface area contributed by atoms with Gasteiger partial charge in [0.25, 0.3) is 0 Å². The number of benzene rings is 8. The molecule has 0 fully saturated rings. The smallest absolute Gasteiger partial charge is 0.0561 e. The van der Waals surface area contributed by atoms with E-state index in [2.05, 4.69) is 231 Å². The zero-order valence-corrected chi connectivity index (χ0v) is 34.6. The van der Waals surface area contributed by atoms with Gasteiger partial charge in [0, 0.05) is 49.4 Å². The summed E-state index contributed by atoms with van der Waals surface area (Å²) >= 11 is 0. The van der Waals surface area contributed by atoms with Gasteiger partial charge in [0.2, 0.25) is 0 Å². The third-order valence-electron chi connectivity index (χ3n) is 12.5. The lowest BCUT2D eigenvalue weighted by Crippen LogP contribution is -2.10. The molecule has 0 N–H and O–H groups in total. The Kier molecular flexibility index (Phi) is 7.68. The fourth-order valence-corrected chi connectivity index (χ4v) is 9.42. The first-order valence-corrected chi connectivity index (χ1v) is 20.9. The Balaban J connectivity index is 1.17. The minimum Gasteiger partial charge on any atom is -0.309 e. The van der Waals surface area contributed by atoms with Gasteiger partial charge in [-0.25, -0.2) is 0 Å². The molecule has 0 bridgehead atoms. The lowest BCUT2D eigenvalue weighted by Gasteiger charge is -2.19. The highest BCUT2D eigenvalue weighted by atomic mass is 15.0. The van der Waals surface area contributed by atoms with Gasteiger partial charge in [-0.2, -0.15) is 0 Å². The van der Waals surface area contributed by atoms with Gasteiger partial charge in [-0.15, -0.1) is 0 Å². The Labute approximate surface area is 345 Å². The van der Waals surface area contributed by atoms with Crippen molar-refractivity contribution in [2.24, 2.45) is 0 Å². The summed E-state index contributed by atoms with van der Waals surface area (Å²) in [5.74, 6) is 0. The van der Waals surface area contributed by atoms with Crippen LogP contribution in [-0.4, -0.2) is 13.7 Å². The van der Waals surface area contributed by atoms with Gasteiger partial charge in [-0.05, 0) is 112 Å². The monoisotopic (exact) mass is 761 g/mol. The van der Waals surface area contributed by atoms with Gasteiger partial charge in [0.05, 0.1) is 33.1 Å². The lowest BCUT2D eigenvalue weighted by atomic mass is 9.86. The largest absolute Gasteiger partial charge is 0.309 e. The van der Waals surface area contributed by atoms with Crippen LogP contribution >= 0.6 is 0 Å². The quantitative estimate of drug-likeness (QED) is 0.170. The van der Waals surface area contributed by atoms with Crippen LogP contribution in [0.25, 0.3) is 93.6 Å². The highest BCUT2D eigenvalue weighted by molar-refractivity contribution is 6.14.